The Hall–Kier alpha value is -2.56. The van der Waals surface area contributed by atoms with Gasteiger partial charge in [-0.05, 0) is 69.0 Å². The van der Waals surface area contributed by atoms with Gasteiger partial charge < -0.3 is 14.6 Å². The van der Waals surface area contributed by atoms with E-state index in [0.29, 0.717) is 12.0 Å². The number of phenolic OH excluding ortho intramolecular Hbond substituents is 1. The van der Waals surface area contributed by atoms with Crippen molar-refractivity contribution < 1.29 is 24.2 Å². The fourth-order valence-electron chi connectivity index (χ4n) is 3.44. The molecule has 0 radical (unpaired) electrons. The summed E-state index contributed by atoms with van der Waals surface area (Å²) in [7, 11) is 0. The number of allylic oxidation sites excluding steroid dienone is 1. The van der Waals surface area contributed by atoms with E-state index in [1.807, 2.05) is 13.0 Å². The number of aromatic hydroxyl groups is 1. The second-order valence-corrected chi connectivity index (χ2v) is 8.51. The number of phenols is 1. The van der Waals surface area contributed by atoms with Crippen molar-refractivity contribution in [2.24, 2.45) is 5.41 Å². The van der Waals surface area contributed by atoms with Gasteiger partial charge in [0.15, 0.2) is 0 Å². The number of hydrogen-bond acceptors (Lipinski definition) is 5. The Morgan fingerprint density at radius 2 is 1.76 bits per heavy atom. The van der Waals surface area contributed by atoms with Crippen LogP contribution < -0.4 is 0 Å². The molecule has 29 heavy (non-hydrogen) atoms. The molecule has 1 aliphatic rings. The minimum atomic E-state index is -0.460. The van der Waals surface area contributed by atoms with E-state index in [1.54, 1.807) is 0 Å². The summed E-state index contributed by atoms with van der Waals surface area (Å²) in [5.41, 5.74) is 2.25. The maximum absolute atomic E-state index is 12.6. The summed E-state index contributed by atoms with van der Waals surface area (Å²) in [6.45, 7) is 9.60. The summed E-state index contributed by atoms with van der Waals surface area (Å²) in [5, 5.41) is 9.42. The molecular formula is C24H32O5. The summed E-state index contributed by atoms with van der Waals surface area (Å²) in [4.78, 5) is 24.3. The van der Waals surface area contributed by atoms with Crippen molar-refractivity contribution in [1.82, 2.24) is 0 Å². The second-order valence-electron chi connectivity index (χ2n) is 8.51. The van der Waals surface area contributed by atoms with E-state index in [1.165, 1.54) is 36.8 Å². The molecule has 1 aromatic rings. The van der Waals surface area contributed by atoms with Gasteiger partial charge in [-0.1, -0.05) is 25.5 Å². The zero-order valence-electron chi connectivity index (χ0n) is 18.0. The highest BCUT2D eigenvalue weighted by molar-refractivity contribution is 5.89. The van der Waals surface area contributed by atoms with Gasteiger partial charge in [-0.2, -0.15) is 0 Å². The lowest BCUT2D eigenvalue weighted by Gasteiger charge is -2.32. The van der Waals surface area contributed by atoms with Gasteiger partial charge in [0.05, 0.1) is 5.56 Å². The first kappa shape index (κ1) is 22.7. The molecular weight excluding hydrogens is 368 g/mol. The molecule has 1 N–H and O–H groups in total. The molecule has 5 heteroatoms. The number of benzene rings is 1. The third-order valence-corrected chi connectivity index (χ3v) is 5.41. The molecule has 1 aromatic carbocycles. The van der Waals surface area contributed by atoms with Crippen LogP contribution in [0.4, 0.5) is 0 Å². The van der Waals surface area contributed by atoms with Gasteiger partial charge in [0.25, 0.3) is 0 Å². The van der Waals surface area contributed by atoms with Crippen LogP contribution in [0.3, 0.4) is 0 Å². The molecule has 0 saturated heterocycles. The summed E-state index contributed by atoms with van der Waals surface area (Å²) >= 11 is 0. The van der Waals surface area contributed by atoms with Gasteiger partial charge in [-0.3, -0.25) is 4.79 Å². The predicted molar refractivity (Wildman–Crippen MR) is 113 cm³/mol. The number of ether oxygens (including phenoxy) is 2. The molecule has 0 amide bonds. The van der Waals surface area contributed by atoms with Crippen LogP contribution >= 0.6 is 0 Å². The number of hydrogen-bond donors (Lipinski definition) is 1. The Bertz CT molecular complexity index is 786. The summed E-state index contributed by atoms with van der Waals surface area (Å²) < 4.78 is 11.4. The fraction of sp³-hybridized carbons (Fsp3) is 0.500. The molecule has 1 unspecified atom stereocenters. The van der Waals surface area contributed by atoms with E-state index in [9.17, 15) is 14.7 Å². The van der Waals surface area contributed by atoms with Crippen molar-refractivity contribution in [3.63, 3.8) is 0 Å². The zero-order valence-corrected chi connectivity index (χ0v) is 18.0. The summed E-state index contributed by atoms with van der Waals surface area (Å²) in [6, 6.07) is 5.99. The van der Waals surface area contributed by atoms with Crippen LogP contribution in [0.25, 0.3) is 0 Å². The number of rotatable bonds is 3. The number of esters is 2. The lowest BCUT2D eigenvalue weighted by Crippen LogP contribution is -2.33. The monoisotopic (exact) mass is 400 g/mol. The number of carbonyl (C=O) groups excluding carboxylic acids is 2. The van der Waals surface area contributed by atoms with Gasteiger partial charge in [0, 0.05) is 18.8 Å². The largest absolute Gasteiger partial charge is 0.508 e. The quantitative estimate of drug-likeness (QED) is 0.547. The molecule has 158 valence electrons. The summed E-state index contributed by atoms with van der Waals surface area (Å²) in [6.07, 6.45) is 6.61. The highest BCUT2D eigenvalue weighted by atomic mass is 16.5. The molecule has 5 nitrogen and oxygen atoms in total. The maximum Gasteiger partial charge on any atom is 0.338 e. The average Bonchev–Trinajstić information content (AvgIpc) is 2.65. The van der Waals surface area contributed by atoms with E-state index in [-0.39, 0.29) is 17.1 Å². The van der Waals surface area contributed by atoms with Gasteiger partial charge in [0.2, 0.25) is 0 Å². The van der Waals surface area contributed by atoms with Gasteiger partial charge in [0.1, 0.15) is 18.0 Å². The smallest absolute Gasteiger partial charge is 0.338 e. The third-order valence-electron chi connectivity index (χ3n) is 5.41. The van der Waals surface area contributed by atoms with Crippen LogP contribution in [0.5, 0.6) is 5.75 Å². The lowest BCUT2D eigenvalue weighted by atomic mass is 9.80. The minimum absolute atomic E-state index is 0.0950. The van der Waals surface area contributed by atoms with E-state index >= 15 is 0 Å². The van der Waals surface area contributed by atoms with Crippen LogP contribution in [0, 0.1) is 5.41 Å². The van der Waals surface area contributed by atoms with E-state index < -0.39 is 18.2 Å². The Labute approximate surface area is 173 Å². The second kappa shape index (κ2) is 9.77. The molecule has 2 rings (SSSR count). The van der Waals surface area contributed by atoms with Gasteiger partial charge in [-0.15, -0.1) is 0 Å². The predicted octanol–water partition coefficient (Wildman–Crippen LogP) is 5.34. The van der Waals surface area contributed by atoms with Crippen LogP contribution in [-0.2, 0) is 14.3 Å². The van der Waals surface area contributed by atoms with E-state index in [2.05, 4.69) is 26.8 Å². The standard InChI is InChI=1S/C24H32O5/c1-16-7-6-14-24(4,5)22(28-18(3)25)15-17(2)21(13-8-16)29-23(27)19-9-11-20(26)12-10-19/h8-12,15,21-22,26H,6-7,13-14H2,1-5H3/b16-8+,17-15+/t21?,22-/m1/s1. The summed E-state index contributed by atoms with van der Waals surface area (Å²) in [5.74, 6) is -0.682. The lowest BCUT2D eigenvalue weighted by molar-refractivity contribution is -0.149. The van der Waals surface area contributed by atoms with Crippen molar-refractivity contribution in [2.45, 2.75) is 72.5 Å². The van der Waals surface area contributed by atoms with Crippen LogP contribution in [-0.4, -0.2) is 29.3 Å². The van der Waals surface area contributed by atoms with Crippen LogP contribution in [0.2, 0.25) is 0 Å². The highest BCUT2D eigenvalue weighted by Gasteiger charge is 2.32. The average molecular weight is 401 g/mol. The van der Waals surface area contributed by atoms with E-state index in [0.717, 1.165) is 24.8 Å². The topological polar surface area (TPSA) is 72.8 Å². The minimum Gasteiger partial charge on any atom is -0.508 e. The third kappa shape index (κ3) is 6.77. The Morgan fingerprint density at radius 3 is 2.38 bits per heavy atom. The normalized spacial score (nSPS) is 26.1. The maximum atomic E-state index is 12.6. The van der Waals surface area contributed by atoms with Gasteiger partial charge >= 0.3 is 11.9 Å². The first-order valence-corrected chi connectivity index (χ1v) is 10.1. The van der Waals surface area contributed by atoms with Crippen molar-refractivity contribution >= 4 is 11.9 Å². The van der Waals surface area contributed by atoms with Crippen molar-refractivity contribution in [3.8, 4) is 5.75 Å². The highest BCUT2D eigenvalue weighted by Crippen LogP contribution is 2.34. The van der Waals surface area contributed by atoms with Crippen LogP contribution in [0.15, 0.2) is 47.6 Å². The Balaban J connectivity index is 2.33. The molecule has 0 heterocycles. The van der Waals surface area contributed by atoms with Crippen molar-refractivity contribution in [2.75, 3.05) is 0 Å². The molecule has 0 bridgehead atoms. The van der Waals surface area contributed by atoms with Gasteiger partial charge in [-0.25, -0.2) is 4.79 Å². The fourth-order valence-corrected chi connectivity index (χ4v) is 3.44. The zero-order chi connectivity index (χ0) is 21.6. The first-order valence-electron chi connectivity index (χ1n) is 10.1. The van der Waals surface area contributed by atoms with Crippen molar-refractivity contribution in [1.29, 1.82) is 0 Å². The number of carbonyl (C=O) groups is 2. The molecule has 0 aromatic heterocycles. The van der Waals surface area contributed by atoms with Crippen molar-refractivity contribution in [3.05, 3.63) is 53.1 Å². The Morgan fingerprint density at radius 1 is 1.10 bits per heavy atom. The molecule has 0 saturated carbocycles. The molecule has 0 fully saturated rings. The molecule has 0 aliphatic heterocycles. The molecule has 0 spiro atoms. The Kier molecular flexibility index (Phi) is 7.66. The van der Waals surface area contributed by atoms with E-state index in [4.69, 9.17) is 9.47 Å². The first-order chi connectivity index (χ1) is 13.6. The van der Waals surface area contributed by atoms with Crippen LogP contribution in [0.1, 0.15) is 70.7 Å². The SMILES string of the molecule is CC(=O)O[C@@H]1/C=C(\C)C(OC(=O)c2ccc(O)cc2)C/C=C(\C)CCCC1(C)C. The molecule has 2 atom stereocenters. The molecule has 1 aliphatic carbocycles.